The predicted molar refractivity (Wildman–Crippen MR) is 264 cm³/mol. The molecule has 66 heavy (non-hydrogen) atoms. The number of rotatable bonds is 12. The third-order valence-corrected chi connectivity index (χ3v) is 17.5. The van der Waals surface area contributed by atoms with E-state index >= 15 is 0 Å². The summed E-state index contributed by atoms with van der Waals surface area (Å²) in [5.41, 5.74) is 1.81. The van der Waals surface area contributed by atoms with E-state index in [9.17, 15) is 16.8 Å². The molecule has 2 atom stereocenters. The fourth-order valence-electron chi connectivity index (χ4n) is 7.52. The Morgan fingerprint density at radius 1 is 0.530 bits per heavy atom. The first-order valence-electron chi connectivity index (χ1n) is 20.9. The summed E-state index contributed by atoms with van der Waals surface area (Å²) in [6.07, 6.45) is 12.6. The molecule has 4 aromatic carbocycles. The highest BCUT2D eigenvalue weighted by atomic mass is 32.2. The van der Waals surface area contributed by atoms with Crippen molar-refractivity contribution in [1.82, 2.24) is 19.4 Å². The smallest absolute Gasteiger partial charge is 0.241 e. The lowest BCUT2D eigenvalue weighted by Crippen LogP contribution is -2.29. The number of thiophene rings is 2. The van der Waals surface area contributed by atoms with Crippen molar-refractivity contribution in [2.45, 2.75) is 44.5 Å². The zero-order chi connectivity index (χ0) is 45.7. The van der Waals surface area contributed by atoms with Gasteiger partial charge in [0.25, 0.3) is 0 Å². The monoisotopic (exact) mass is 996 g/mol. The summed E-state index contributed by atoms with van der Waals surface area (Å²) < 4.78 is 84.9. The zero-order valence-corrected chi connectivity index (χ0v) is 40.6. The average molecular weight is 997 g/mol. The van der Waals surface area contributed by atoms with Gasteiger partial charge in [-0.05, 0) is 95.1 Å². The van der Waals surface area contributed by atoms with Crippen LogP contribution < -0.4 is 28.4 Å². The van der Waals surface area contributed by atoms with Crippen molar-refractivity contribution in [3.63, 3.8) is 0 Å². The van der Waals surface area contributed by atoms with Crippen molar-refractivity contribution in [2.75, 3.05) is 38.9 Å². The third kappa shape index (κ3) is 10.2. The van der Waals surface area contributed by atoms with Crippen LogP contribution in [0.3, 0.4) is 0 Å². The molecule has 10 rings (SSSR count). The Kier molecular flexibility index (Phi) is 14.2. The maximum absolute atomic E-state index is 13.6. The first kappa shape index (κ1) is 46.0. The number of hydrogen-bond donors (Lipinski definition) is 2. The van der Waals surface area contributed by atoms with Gasteiger partial charge in [-0.3, -0.25) is 9.97 Å². The minimum Gasteiger partial charge on any atom is -0.490 e. The van der Waals surface area contributed by atoms with Gasteiger partial charge in [0.2, 0.25) is 20.0 Å². The number of aromatic nitrogens is 2. The molecule has 0 fully saturated rings. The van der Waals surface area contributed by atoms with Crippen LogP contribution in [0.1, 0.15) is 45.8 Å². The molecular formula is C48H44N4O8S6. The lowest BCUT2D eigenvalue weighted by atomic mass is 10.1. The van der Waals surface area contributed by atoms with Crippen LogP contribution in [0.5, 0.6) is 23.0 Å². The first-order valence-corrected chi connectivity index (χ1v) is 27.9. The average Bonchev–Trinajstić information content (AvgIpc) is 3.80. The van der Waals surface area contributed by atoms with Gasteiger partial charge < -0.3 is 18.9 Å². The van der Waals surface area contributed by atoms with Crippen LogP contribution in [0.2, 0.25) is 0 Å². The summed E-state index contributed by atoms with van der Waals surface area (Å²) in [6.45, 7) is 2.07. The maximum Gasteiger partial charge on any atom is 0.241 e. The number of sulfonamides is 2. The highest BCUT2D eigenvalue weighted by Crippen LogP contribution is 2.40. The zero-order valence-electron chi connectivity index (χ0n) is 35.7. The summed E-state index contributed by atoms with van der Waals surface area (Å²) >= 11 is 6.25. The number of hydrogen-bond acceptors (Lipinski definition) is 14. The highest BCUT2D eigenvalue weighted by Gasteiger charge is 2.29. The van der Waals surface area contributed by atoms with Crippen molar-refractivity contribution in [3.8, 4) is 23.0 Å². The molecule has 18 heteroatoms. The van der Waals surface area contributed by atoms with Crippen LogP contribution in [0, 0.1) is 0 Å². The van der Waals surface area contributed by atoms with Crippen LogP contribution in [0.15, 0.2) is 154 Å². The van der Waals surface area contributed by atoms with Gasteiger partial charge in [0.15, 0.2) is 23.0 Å². The summed E-state index contributed by atoms with van der Waals surface area (Å²) in [5.74, 6) is 2.02. The number of nitrogens with zero attached hydrogens (tertiary/aromatic N) is 2. The maximum atomic E-state index is 13.6. The molecule has 0 saturated carbocycles. The number of pyridine rings is 2. The molecule has 0 bridgehead atoms. The number of ether oxygens (including phenoxy) is 4. The van der Waals surface area contributed by atoms with E-state index in [-0.39, 0.29) is 9.79 Å². The Balaban J connectivity index is 0.000000166. The number of nitrogens with one attached hydrogen (secondary N) is 2. The summed E-state index contributed by atoms with van der Waals surface area (Å²) in [6, 6.07) is 32.1. The Morgan fingerprint density at radius 2 is 0.939 bits per heavy atom. The van der Waals surface area contributed by atoms with Crippen molar-refractivity contribution in [3.05, 3.63) is 155 Å². The van der Waals surface area contributed by atoms with Gasteiger partial charge in [-0.15, -0.1) is 46.2 Å². The first-order chi connectivity index (χ1) is 32.1. The minimum absolute atomic E-state index is 0.140. The molecule has 4 aromatic heterocycles. The van der Waals surface area contributed by atoms with Crippen LogP contribution in [0.25, 0.3) is 20.2 Å². The second-order valence-corrected chi connectivity index (χ2v) is 22.4. The van der Waals surface area contributed by atoms with Gasteiger partial charge in [0, 0.05) is 69.3 Å². The fourth-order valence-corrected chi connectivity index (χ4v) is 13.6. The fraction of sp³-hybridized carbons (Fsp3) is 0.208. The normalized spacial score (nSPS) is 14.7. The summed E-state index contributed by atoms with van der Waals surface area (Å²) in [4.78, 5) is 12.5. The van der Waals surface area contributed by atoms with E-state index in [1.807, 2.05) is 85.3 Å². The molecule has 6 heterocycles. The Labute approximate surface area is 400 Å². The molecule has 0 amide bonds. The lowest BCUT2D eigenvalue weighted by Gasteiger charge is -2.21. The molecule has 2 N–H and O–H groups in total. The standard InChI is InChI=1S/2C24H22N2O4S3/c2*1-31-21-6-3-2-5-18(21)24(22-13-16-9-10-25-15-23(16)32-22)26-33(27,28)17-7-8-19-20(14-17)30-12-4-11-29-19/h2*2-3,5-10,13-15,24,26H,4,11-12H2,1H3/t2*24-/m10/s1. The number of thioether (sulfide) groups is 2. The second kappa shape index (κ2) is 20.4. The Hall–Kier alpha value is -5.18. The van der Waals surface area contributed by atoms with E-state index < -0.39 is 32.1 Å². The van der Waals surface area contributed by atoms with Crippen molar-refractivity contribution < 1.29 is 35.8 Å². The van der Waals surface area contributed by atoms with Crippen LogP contribution in [-0.4, -0.2) is 65.7 Å². The highest BCUT2D eigenvalue weighted by molar-refractivity contribution is 7.99. The van der Waals surface area contributed by atoms with Gasteiger partial charge in [-0.1, -0.05) is 36.4 Å². The minimum atomic E-state index is -3.87. The molecule has 0 unspecified atom stereocenters. The summed E-state index contributed by atoms with van der Waals surface area (Å²) in [5, 5.41) is 2.07. The Morgan fingerprint density at radius 3 is 1.35 bits per heavy atom. The van der Waals surface area contributed by atoms with E-state index in [0.29, 0.717) is 49.4 Å². The molecule has 0 radical (unpaired) electrons. The van der Waals surface area contributed by atoms with Gasteiger partial charge in [-0.25, -0.2) is 16.8 Å². The van der Waals surface area contributed by atoms with Crippen molar-refractivity contribution >= 4 is 86.4 Å². The quantitative estimate of drug-likeness (QED) is 0.112. The predicted octanol–water partition coefficient (Wildman–Crippen LogP) is 10.5. The van der Waals surface area contributed by atoms with Gasteiger partial charge >= 0.3 is 0 Å². The van der Waals surface area contributed by atoms with Gasteiger partial charge in [0.1, 0.15) is 0 Å². The summed E-state index contributed by atoms with van der Waals surface area (Å²) in [7, 11) is -7.73. The number of benzene rings is 4. The SMILES string of the molecule is CSc1ccccc1[C@@H](NS(=O)(=O)c1ccc2c(c1)OCCCO2)c1cc2ccncc2s1.CSc1ccccc1[C@H](NS(=O)(=O)c1ccc2c(c1)OCCCO2)c1cc2ccncc2s1. The van der Waals surface area contributed by atoms with Gasteiger partial charge in [-0.2, -0.15) is 9.44 Å². The van der Waals surface area contributed by atoms with E-state index in [0.717, 1.165) is 63.7 Å². The molecule has 0 spiro atoms. The molecule has 2 aliphatic heterocycles. The van der Waals surface area contributed by atoms with Crippen molar-refractivity contribution in [2.24, 2.45) is 0 Å². The Bertz CT molecular complexity index is 2950. The van der Waals surface area contributed by atoms with Gasteiger partial charge in [0.05, 0.1) is 57.7 Å². The second-order valence-electron chi connectivity index (χ2n) is 15.0. The lowest BCUT2D eigenvalue weighted by molar-refractivity contribution is 0.296. The van der Waals surface area contributed by atoms with Crippen LogP contribution in [-0.2, 0) is 20.0 Å². The van der Waals surface area contributed by atoms with E-state index in [2.05, 4.69) is 19.4 Å². The van der Waals surface area contributed by atoms with E-state index in [4.69, 9.17) is 18.9 Å². The molecule has 0 aliphatic carbocycles. The number of fused-ring (bicyclic) bond motifs is 4. The molecule has 8 aromatic rings. The topological polar surface area (TPSA) is 155 Å². The molecular weight excluding hydrogens is 953 g/mol. The largest absolute Gasteiger partial charge is 0.490 e. The van der Waals surface area contributed by atoms with Crippen LogP contribution >= 0.6 is 46.2 Å². The molecule has 2 aliphatic rings. The molecule has 12 nitrogen and oxygen atoms in total. The molecule has 0 saturated heterocycles. The van der Waals surface area contributed by atoms with Crippen molar-refractivity contribution in [1.29, 1.82) is 0 Å². The third-order valence-electron chi connectivity index (χ3n) is 10.8. The van der Waals surface area contributed by atoms with E-state index in [1.165, 1.54) is 34.8 Å². The molecule has 340 valence electrons. The van der Waals surface area contributed by atoms with E-state index in [1.54, 1.807) is 72.6 Å². The van der Waals surface area contributed by atoms with Crippen LogP contribution in [0.4, 0.5) is 0 Å².